The van der Waals surface area contributed by atoms with Gasteiger partial charge in [-0.1, -0.05) is 0 Å². The fraction of sp³-hybridized carbons (Fsp3) is 0.455. The summed E-state index contributed by atoms with van der Waals surface area (Å²) in [7, 11) is 0. The number of nitrogens with two attached hydrogens (primary N) is 1. The number of amides is 1. The smallest absolute Gasteiger partial charge is 0.287 e. The van der Waals surface area contributed by atoms with Crippen LogP contribution >= 0.6 is 0 Å². The monoisotopic (exact) mass is 265 g/mol. The highest BCUT2D eigenvalue weighted by atomic mass is 16.6. The van der Waals surface area contributed by atoms with Gasteiger partial charge in [-0.15, -0.1) is 0 Å². The van der Waals surface area contributed by atoms with Crippen molar-refractivity contribution in [3.63, 3.8) is 0 Å². The van der Waals surface area contributed by atoms with E-state index in [1.807, 2.05) is 4.90 Å². The van der Waals surface area contributed by atoms with Gasteiger partial charge in [0.2, 0.25) is 5.91 Å². The van der Waals surface area contributed by atoms with Gasteiger partial charge in [0.05, 0.1) is 11.5 Å². The van der Waals surface area contributed by atoms with Gasteiger partial charge in [0.25, 0.3) is 5.69 Å². The van der Waals surface area contributed by atoms with Crippen molar-refractivity contribution in [1.29, 1.82) is 0 Å². The summed E-state index contributed by atoms with van der Waals surface area (Å²) in [5.41, 5.74) is 5.29. The molecule has 2 heterocycles. The van der Waals surface area contributed by atoms with E-state index in [1.165, 1.54) is 12.3 Å². The first kappa shape index (κ1) is 13.2. The van der Waals surface area contributed by atoms with E-state index >= 15 is 0 Å². The molecule has 0 aliphatic carbocycles. The maximum absolute atomic E-state index is 11.4. The van der Waals surface area contributed by atoms with Crippen LogP contribution in [0.3, 0.4) is 0 Å². The molecule has 0 spiro atoms. The fourth-order valence-corrected chi connectivity index (χ4v) is 1.99. The average molecular weight is 265 g/mol. The highest BCUT2D eigenvalue weighted by Crippen LogP contribution is 2.17. The van der Waals surface area contributed by atoms with Gasteiger partial charge < -0.3 is 15.5 Å². The number of anilines is 1. The van der Waals surface area contributed by atoms with Gasteiger partial charge in [0.1, 0.15) is 12.0 Å². The lowest BCUT2D eigenvalue weighted by Crippen LogP contribution is -2.50. The normalized spacial score (nSPS) is 15.4. The number of carbonyl (C=O) groups excluding carboxylic acids is 1. The summed E-state index contributed by atoms with van der Waals surface area (Å²) in [5.74, 6) is 0.627. The number of carbonyl (C=O) groups is 1. The van der Waals surface area contributed by atoms with Crippen LogP contribution in [0.25, 0.3) is 0 Å². The molecule has 0 aromatic carbocycles. The fourth-order valence-electron chi connectivity index (χ4n) is 1.99. The van der Waals surface area contributed by atoms with Crippen LogP contribution in [0, 0.1) is 10.1 Å². The topological polar surface area (TPSA) is 106 Å². The van der Waals surface area contributed by atoms with Crippen LogP contribution in [0.1, 0.15) is 0 Å². The molecule has 8 nitrogen and oxygen atoms in total. The standard InChI is InChI=1S/C11H15N5O3/c12-7-11(17)15-5-3-14(4-6-15)10-2-1-9(8-13-10)16(18)19/h1-2,8H,3-7,12H2. The predicted octanol–water partition coefficient (Wildman–Crippen LogP) is -0.403. The van der Waals surface area contributed by atoms with E-state index in [0.29, 0.717) is 32.0 Å². The van der Waals surface area contributed by atoms with Gasteiger partial charge in [-0.05, 0) is 6.07 Å². The molecule has 19 heavy (non-hydrogen) atoms. The van der Waals surface area contributed by atoms with Crippen LogP contribution in [-0.4, -0.2) is 53.4 Å². The number of rotatable bonds is 3. The second-order valence-electron chi connectivity index (χ2n) is 4.20. The third kappa shape index (κ3) is 2.97. The summed E-state index contributed by atoms with van der Waals surface area (Å²) in [6.45, 7) is 2.51. The van der Waals surface area contributed by atoms with E-state index in [0.717, 1.165) is 0 Å². The van der Waals surface area contributed by atoms with Gasteiger partial charge in [-0.3, -0.25) is 14.9 Å². The van der Waals surface area contributed by atoms with Gasteiger partial charge in [-0.2, -0.15) is 0 Å². The van der Waals surface area contributed by atoms with E-state index in [2.05, 4.69) is 4.98 Å². The number of pyridine rings is 1. The van der Waals surface area contributed by atoms with Crippen LogP contribution in [0.5, 0.6) is 0 Å². The first-order chi connectivity index (χ1) is 9.11. The van der Waals surface area contributed by atoms with Crippen LogP contribution in [-0.2, 0) is 4.79 Å². The Morgan fingerprint density at radius 3 is 2.53 bits per heavy atom. The molecule has 2 N–H and O–H groups in total. The molecular formula is C11H15N5O3. The number of aromatic nitrogens is 1. The van der Waals surface area contributed by atoms with Crippen molar-refractivity contribution in [2.24, 2.45) is 5.73 Å². The highest BCUT2D eigenvalue weighted by Gasteiger charge is 2.21. The Balaban J connectivity index is 1.97. The zero-order valence-electron chi connectivity index (χ0n) is 10.4. The molecular weight excluding hydrogens is 250 g/mol. The van der Waals surface area contributed by atoms with Gasteiger partial charge in [-0.25, -0.2) is 4.98 Å². The lowest BCUT2D eigenvalue weighted by atomic mass is 10.3. The summed E-state index contributed by atoms with van der Waals surface area (Å²) >= 11 is 0. The minimum absolute atomic E-state index is 0.0236. The van der Waals surface area contributed by atoms with Crippen LogP contribution in [0.4, 0.5) is 11.5 Å². The van der Waals surface area contributed by atoms with Crippen molar-refractivity contribution in [2.45, 2.75) is 0 Å². The van der Waals surface area contributed by atoms with Crippen molar-refractivity contribution in [3.8, 4) is 0 Å². The predicted molar refractivity (Wildman–Crippen MR) is 68.7 cm³/mol. The van der Waals surface area contributed by atoms with Crippen molar-refractivity contribution < 1.29 is 9.72 Å². The van der Waals surface area contributed by atoms with E-state index in [1.54, 1.807) is 11.0 Å². The molecule has 1 aromatic heterocycles. The Morgan fingerprint density at radius 1 is 1.37 bits per heavy atom. The second-order valence-corrected chi connectivity index (χ2v) is 4.20. The summed E-state index contributed by atoms with van der Waals surface area (Å²) in [6.07, 6.45) is 1.24. The Labute approximate surface area is 110 Å². The number of hydrogen-bond donors (Lipinski definition) is 1. The minimum atomic E-state index is -0.478. The Morgan fingerprint density at radius 2 is 2.05 bits per heavy atom. The van der Waals surface area contributed by atoms with E-state index in [4.69, 9.17) is 5.73 Å². The Hall–Kier alpha value is -2.22. The Kier molecular flexibility index (Phi) is 3.91. The third-order valence-electron chi connectivity index (χ3n) is 3.07. The molecule has 8 heteroatoms. The molecule has 1 aliphatic heterocycles. The largest absolute Gasteiger partial charge is 0.353 e. The molecule has 0 radical (unpaired) electrons. The molecule has 102 valence electrons. The van der Waals surface area contributed by atoms with Crippen molar-refractivity contribution in [2.75, 3.05) is 37.6 Å². The number of nitrogens with zero attached hydrogens (tertiary/aromatic N) is 4. The summed E-state index contributed by atoms with van der Waals surface area (Å²) in [5, 5.41) is 10.5. The van der Waals surface area contributed by atoms with E-state index in [9.17, 15) is 14.9 Å². The van der Waals surface area contributed by atoms with Crippen LogP contribution < -0.4 is 10.6 Å². The molecule has 0 saturated carbocycles. The summed E-state index contributed by atoms with van der Waals surface area (Å²) in [6, 6.07) is 3.05. The van der Waals surface area contributed by atoms with Gasteiger partial charge in [0.15, 0.2) is 0 Å². The molecule has 1 amide bonds. The lowest BCUT2D eigenvalue weighted by molar-refractivity contribution is -0.385. The molecule has 0 unspecified atom stereocenters. The number of hydrogen-bond acceptors (Lipinski definition) is 6. The zero-order valence-corrected chi connectivity index (χ0v) is 10.4. The maximum Gasteiger partial charge on any atom is 0.287 e. The molecule has 1 fully saturated rings. The van der Waals surface area contributed by atoms with Crippen molar-refractivity contribution in [1.82, 2.24) is 9.88 Å². The van der Waals surface area contributed by atoms with Crippen molar-refractivity contribution >= 4 is 17.4 Å². The SMILES string of the molecule is NCC(=O)N1CCN(c2ccc([N+](=O)[O-])cn2)CC1. The first-order valence-corrected chi connectivity index (χ1v) is 5.95. The van der Waals surface area contributed by atoms with E-state index < -0.39 is 4.92 Å². The third-order valence-corrected chi connectivity index (χ3v) is 3.07. The maximum atomic E-state index is 11.4. The molecule has 1 aromatic rings. The molecule has 0 bridgehead atoms. The Bertz CT molecular complexity index is 468. The number of piperazine rings is 1. The summed E-state index contributed by atoms with van der Waals surface area (Å²) in [4.78, 5) is 29.2. The van der Waals surface area contributed by atoms with Crippen molar-refractivity contribution in [3.05, 3.63) is 28.4 Å². The van der Waals surface area contributed by atoms with Crippen LogP contribution in [0.2, 0.25) is 0 Å². The highest BCUT2D eigenvalue weighted by molar-refractivity contribution is 5.78. The van der Waals surface area contributed by atoms with E-state index in [-0.39, 0.29) is 18.1 Å². The summed E-state index contributed by atoms with van der Waals surface area (Å²) < 4.78 is 0. The van der Waals surface area contributed by atoms with Gasteiger partial charge in [0, 0.05) is 32.2 Å². The quantitative estimate of drug-likeness (QED) is 0.588. The van der Waals surface area contributed by atoms with Crippen LogP contribution in [0.15, 0.2) is 18.3 Å². The molecule has 0 atom stereocenters. The first-order valence-electron chi connectivity index (χ1n) is 5.95. The second kappa shape index (κ2) is 5.61. The van der Waals surface area contributed by atoms with Gasteiger partial charge >= 0.3 is 0 Å². The number of nitro groups is 1. The molecule has 1 aliphatic rings. The lowest BCUT2D eigenvalue weighted by Gasteiger charge is -2.35. The average Bonchev–Trinajstić information content (AvgIpc) is 2.46. The molecule has 1 saturated heterocycles. The zero-order chi connectivity index (χ0) is 13.8. The molecule has 2 rings (SSSR count). The minimum Gasteiger partial charge on any atom is -0.353 e.